The molecule has 1 N–H and O–H groups in total. The Balaban J connectivity index is 1.48. The predicted molar refractivity (Wildman–Crippen MR) is 104 cm³/mol. The summed E-state index contributed by atoms with van der Waals surface area (Å²) in [6.07, 6.45) is 2.85. The van der Waals surface area contributed by atoms with Crippen molar-refractivity contribution >= 4 is 38.8 Å². The van der Waals surface area contributed by atoms with Crippen LogP contribution in [-0.4, -0.2) is 15.8 Å². The summed E-state index contributed by atoms with van der Waals surface area (Å²) < 4.78 is 1.18. The van der Waals surface area contributed by atoms with Gasteiger partial charge in [-0.2, -0.15) is 0 Å². The second-order valence-electron chi connectivity index (χ2n) is 6.09. The minimum Gasteiger partial charge on any atom is -0.326 e. The van der Waals surface area contributed by atoms with E-state index in [1.807, 2.05) is 25.1 Å². The van der Waals surface area contributed by atoms with Crippen LogP contribution < -0.4 is 5.32 Å². The number of carbonyl (C=O) groups is 1. The van der Waals surface area contributed by atoms with Gasteiger partial charge in [0, 0.05) is 18.6 Å². The highest BCUT2D eigenvalue weighted by Gasteiger charge is 2.11. The molecule has 6 nitrogen and oxygen atoms in total. The minimum absolute atomic E-state index is 0.0262. The maximum atomic E-state index is 12.1. The van der Waals surface area contributed by atoms with E-state index in [2.05, 4.69) is 16.4 Å². The van der Waals surface area contributed by atoms with E-state index in [0.29, 0.717) is 12.1 Å². The van der Waals surface area contributed by atoms with Gasteiger partial charge < -0.3 is 5.32 Å². The lowest BCUT2D eigenvalue weighted by atomic mass is 10.1. The number of non-ortho nitro benzene ring substituents is 1. The van der Waals surface area contributed by atoms with Crippen LogP contribution in [0.2, 0.25) is 0 Å². The topological polar surface area (TPSA) is 85.1 Å². The zero-order valence-corrected chi connectivity index (χ0v) is 15.2. The van der Waals surface area contributed by atoms with Gasteiger partial charge in [0.05, 0.1) is 25.8 Å². The summed E-state index contributed by atoms with van der Waals surface area (Å²) in [6.45, 7) is 1.81. The number of anilines is 1. The number of nitrogens with zero attached hydrogens (tertiary/aromatic N) is 2. The lowest BCUT2D eigenvalue weighted by molar-refractivity contribution is -0.384. The average Bonchev–Trinajstić information content (AvgIpc) is 3.03. The molecule has 0 aliphatic carbocycles. The first-order valence-corrected chi connectivity index (χ1v) is 9.24. The predicted octanol–water partition coefficient (Wildman–Crippen LogP) is 4.86. The molecule has 0 aliphatic rings. The van der Waals surface area contributed by atoms with E-state index in [1.54, 1.807) is 17.4 Å². The molecule has 0 fully saturated rings. The fourth-order valence-corrected chi connectivity index (χ4v) is 3.67. The van der Waals surface area contributed by atoms with Crippen molar-refractivity contribution in [2.75, 3.05) is 5.32 Å². The number of nitro benzene ring substituents is 1. The highest BCUT2D eigenvalue weighted by molar-refractivity contribution is 7.18. The number of benzene rings is 2. The van der Waals surface area contributed by atoms with E-state index in [4.69, 9.17) is 0 Å². The van der Waals surface area contributed by atoms with Crippen molar-refractivity contribution in [3.05, 3.63) is 63.1 Å². The van der Waals surface area contributed by atoms with Gasteiger partial charge in [0.1, 0.15) is 0 Å². The molecule has 0 saturated heterocycles. The van der Waals surface area contributed by atoms with E-state index >= 15 is 0 Å². The Morgan fingerprint density at radius 2 is 2.04 bits per heavy atom. The van der Waals surface area contributed by atoms with Gasteiger partial charge in [-0.05, 0) is 43.9 Å². The van der Waals surface area contributed by atoms with E-state index in [9.17, 15) is 14.9 Å². The lowest BCUT2D eigenvalue weighted by Crippen LogP contribution is -2.12. The zero-order chi connectivity index (χ0) is 18.5. The molecule has 0 atom stereocenters. The van der Waals surface area contributed by atoms with Gasteiger partial charge in [-0.1, -0.05) is 18.2 Å². The van der Waals surface area contributed by atoms with Crippen LogP contribution in [0.15, 0.2) is 42.5 Å². The highest BCUT2D eigenvalue weighted by atomic mass is 32.1. The monoisotopic (exact) mass is 369 g/mol. The van der Waals surface area contributed by atoms with Gasteiger partial charge in [-0.3, -0.25) is 14.9 Å². The molecule has 0 aliphatic heterocycles. The molecule has 2 aromatic carbocycles. The summed E-state index contributed by atoms with van der Waals surface area (Å²) in [7, 11) is 0. The first kappa shape index (κ1) is 18.0. The Kier molecular flexibility index (Phi) is 5.58. The summed E-state index contributed by atoms with van der Waals surface area (Å²) in [6, 6.07) is 12.5. The SMILES string of the molecule is Cc1ccc([N+](=O)[O-])cc1NC(=O)CCCCc1nc2ccccc2s1. The number of hydrogen-bond donors (Lipinski definition) is 1. The molecule has 0 bridgehead atoms. The number of aryl methyl sites for hydroxylation is 2. The normalized spacial score (nSPS) is 10.8. The van der Waals surface area contributed by atoms with Crippen molar-refractivity contribution in [1.29, 1.82) is 0 Å². The number of thiazole rings is 1. The third kappa shape index (κ3) is 4.43. The second kappa shape index (κ2) is 8.05. The quantitative estimate of drug-likeness (QED) is 0.366. The molecule has 1 aromatic heterocycles. The largest absolute Gasteiger partial charge is 0.326 e. The van der Waals surface area contributed by atoms with E-state index in [0.717, 1.165) is 35.4 Å². The van der Waals surface area contributed by atoms with Gasteiger partial charge in [-0.15, -0.1) is 11.3 Å². The number of fused-ring (bicyclic) bond motifs is 1. The minimum atomic E-state index is -0.465. The third-order valence-corrected chi connectivity index (χ3v) is 5.18. The second-order valence-corrected chi connectivity index (χ2v) is 7.20. The van der Waals surface area contributed by atoms with Crippen molar-refractivity contribution in [3.8, 4) is 0 Å². The molecule has 0 spiro atoms. The van der Waals surface area contributed by atoms with Crippen LogP contribution in [0, 0.1) is 17.0 Å². The Hall–Kier alpha value is -2.80. The van der Waals surface area contributed by atoms with Crippen molar-refractivity contribution in [3.63, 3.8) is 0 Å². The Morgan fingerprint density at radius 3 is 2.81 bits per heavy atom. The van der Waals surface area contributed by atoms with Crippen molar-refractivity contribution < 1.29 is 9.72 Å². The van der Waals surface area contributed by atoms with Gasteiger partial charge in [0.2, 0.25) is 5.91 Å². The zero-order valence-electron chi connectivity index (χ0n) is 14.4. The maximum absolute atomic E-state index is 12.1. The number of nitrogens with one attached hydrogen (secondary N) is 1. The summed E-state index contributed by atoms with van der Waals surface area (Å²) in [5.41, 5.74) is 2.29. The average molecular weight is 369 g/mol. The summed E-state index contributed by atoms with van der Waals surface area (Å²) in [5, 5.41) is 14.7. The third-order valence-electron chi connectivity index (χ3n) is 4.09. The number of aromatic nitrogens is 1. The van der Waals surface area contributed by atoms with Crippen LogP contribution in [0.4, 0.5) is 11.4 Å². The number of unbranched alkanes of at least 4 members (excludes halogenated alkanes) is 1. The fraction of sp³-hybridized carbons (Fsp3) is 0.263. The molecular weight excluding hydrogens is 350 g/mol. The molecule has 0 unspecified atom stereocenters. The van der Waals surface area contributed by atoms with Gasteiger partial charge in [0.25, 0.3) is 5.69 Å². The Labute approximate surface area is 155 Å². The number of rotatable bonds is 7. The van der Waals surface area contributed by atoms with Gasteiger partial charge >= 0.3 is 0 Å². The van der Waals surface area contributed by atoms with Crippen molar-refractivity contribution in [2.45, 2.75) is 32.6 Å². The van der Waals surface area contributed by atoms with Crippen LogP contribution in [0.5, 0.6) is 0 Å². The fourth-order valence-electron chi connectivity index (χ4n) is 2.66. The summed E-state index contributed by atoms with van der Waals surface area (Å²) >= 11 is 1.69. The number of amides is 1. The van der Waals surface area contributed by atoms with Crippen LogP contribution in [0.3, 0.4) is 0 Å². The highest BCUT2D eigenvalue weighted by Crippen LogP contribution is 2.24. The Bertz CT molecular complexity index is 919. The van der Waals surface area contributed by atoms with Crippen LogP contribution in [0.25, 0.3) is 10.2 Å². The summed E-state index contributed by atoms with van der Waals surface area (Å²) in [4.78, 5) is 27.1. The number of nitro groups is 1. The molecule has 0 radical (unpaired) electrons. The molecule has 7 heteroatoms. The first-order chi connectivity index (χ1) is 12.5. The van der Waals surface area contributed by atoms with Crippen molar-refractivity contribution in [2.24, 2.45) is 0 Å². The smallest absolute Gasteiger partial charge is 0.271 e. The molecule has 1 heterocycles. The Morgan fingerprint density at radius 1 is 1.23 bits per heavy atom. The van der Waals surface area contributed by atoms with E-state index < -0.39 is 4.92 Å². The lowest BCUT2D eigenvalue weighted by Gasteiger charge is -2.08. The molecule has 3 aromatic rings. The van der Waals surface area contributed by atoms with Gasteiger partial charge in [0.15, 0.2) is 0 Å². The molecule has 134 valence electrons. The summed E-state index contributed by atoms with van der Waals surface area (Å²) in [5.74, 6) is -0.127. The van der Waals surface area contributed by atoms with Crippen molar-refractivity contribution in [1.82, 2.24) is 4.98 Å². The van der Waals surface area contributed by atoms with E-state index in [-0.39, 0.29) is 11.6 Å². The molecular formula is C19H19N3O3S. The van der Waals surface area contributed by atoms with Crippen LogP contribution >= 0.6 is 11.3 Å². The van der Waals surface area contributed by atoms with Crippen LogP contribution in [-0.2, 0) is 11.2 Å². The number of hydrogen-bond acceptors (Lipinski definition) is 5. The number of carbonyl (C=O) groups excluding carboxylic acids is 1. The molecule has 26 heavy (non-hydrogen) atoms. The number of para-hydroxylation sites is 1. The van der Waals surface area contributed by atoms with E-state index in [1.165, 1.54) is 16.8 Å². The van der Waals surface area contributed by atoms with Gasteiger partial charge in [-0.25, -0.2) is 4.98 Å². The maximum Gasteiger partial charge on any atom is 0.271 e. The first-order valence-electron chi connectivity index (χ1n) is 8.42. The van der Waals surface area contributed by atoms with Crippen LogP contribution in [0.1, 0.15) is 29.8 Å². The standard InChI is InChI=1S/C19H19N3O3S/c1-13-10-11-14(22(24)25)12-16(13)20-18(23)8-4-5-9-19-21-15-6-2-3-7-17(15)26-19/h2-3,6-7,10-12H,4-5,8-9H2,1H3,(H,20,23). The molecule has 0 saturated carbocycles. The molecule has 3 rings (SSSR count). The molecule has 1 amide bonds.